The van der Waals surface area contributed by atoms with E-state index in [1.54, 1.807) is 6.07 Å². The Kier molecular flexibility index (Phi) is 7.36. The molecule has 1 unspecified atom stereocenters. The largest absolute Gasteiger partial charge is 0.495 e. The van der Waals surface area contributed by atoms with Crippen LogP contribution in [0.25, 0.3) is 0 Å². The van der Waals surface area contributed by atoms with Gasteiger partial charge in [0.1, 0.15) is 10.6 Å². The highest BCUT2D eigenvalue weighted by Crippen LogP contribution is 2.25. The predicted molar refractivity (Wildman–Crippen MR) is 112 cm³/mol. The van der Waals surface area contributed by atoms with Gasteiger partial charge in [0.05, 0.1) is 19.6 Å². The molecule has 9 heteroatoms. The minimum absolute atomic E-state index is 0.0279. The van der Waals surface area contributed by atoms with Gasteiger partial charge in [0.15, 0.2) is 5.11 Å². The van der Waals surface area contributed by atoms with Gasteiger partial charge in [0, 0.05) is 7.05 Å². The highest BCUT2D eigenvalue weighted by Gasteiger charge is 2.22. The van der Waals surface area contributed by atoms with E-state index in [1.807, 2.05) is 37.3 Å². The Morgan fingerprint density at radius 1 is 1.18 bits per heavy atom. The molecule has 0 spiro atoms. The first-order valence-electron chi connectivity index (χ1n) is 8.52. The van der Waals surface area contributed by atoms with E-state index in [-0.39, 0.29) is 34.1 Å². The van der Waals surface area contributed by atoms with Crippen LogP contribution in [0.3, 0.4) is 0 Å². The number of sulfonamides is 1. The zero-order valence-corrected chi connectivity index (χ0v) is 17.5. The molecule has 7 nitrogen and oxygen atoms in total. The van der Waals surface area contributed by atoms with Crippen LogP contribution in [0.4, 0.5) is 0 Å². The van der Waals surface area contributed by atoms with Crippen molar-refractivity contribution in [3.05, 3.63) is 59.7 Å². The van der Waals surface area contributed by atoms with Crippen LogP contribution in [0.15, 0.2) is 53.4 Å². The number of benzene rings is 2. The molecule has 0 saturated carbocycles. The van der Waals surface area contributed by atoms with Crippen LogP contribution in [0.5, 0.6) is 5.75 Å². The lowest BCUT2D eigenvalue weighted by atomic mass is 10.1. The molecule has 0 aliphatic heterocycles. The second-order valence-electron chi connectivity index (χ2n) is 6.05. The Bertz CT molecular complexity index is 947. The first kappa shape index (κ1) is 21.6. The molecule has 0 aliphatic rings. The van der Waals surface area contributed by atoms with Gasteiger partial charge < -0.3 is 15.4 Å². The number of amides is 1. The van der Waals surface area contributed by atoms with Gasteiger partial charge in [-0.1, -0.05) is 36.4 Å². The molecule has 0 aliphatic carbocycles. The number of rotatable bonds is 7. The number of methoxy groups -OCH3 is 1. The van der Waals surface area contributed by atoms with Gasteiger partial charge in [-0.05, 0) is 42.4 Å². The molecule has 1 atom stereocenters. The summed E-state index contributed by atoms with van der Waals surface area (Å²) < 4.78 is 32.5. The number of nitrogens with one attached hydrogen (secondary N) is 3. The van der Waals surface area contributed by atoms with Crippen LogP contribution in [-0.2, 0) is 21.2 Å². The summed E-state index contributed by atoms with van der Waals surface area (Å²) in [5.41, 5.74) is 1.52. The third-order valence-electron chi connectivity index (χ3n) is 4.01. The SMILES string of the molecule is CNC(=S)NS(=O)(=O)c1cc(CC(=O)NC(C)c2ccccc2)ccc1OC. The Hall–Kier alpha value is -2.65. The van der Waals surface area contributed by atoms with Gasteiger partial charge in [0.2, 0.25) is 5.91 Å². The topological polar surface area (TPSA) is 96.5 Å². The molecule has 0 heterocycles. The minimum atomic E-state index is -3.95. The summed E-state index contributed by atoms with van der Waals surface area (Å²) in [6, 6.07) is 14.0. The van der Waals surface area contributed by atoms with Gasteiger partial charge in [0.25, 0.3) is 10.0 Å². The summed E-state index contributed by atoms with van der Waals surface area (Å²) in [7, 11) is -1.06. The number of carbonyl (C=O) groups is 1. The Morgan fingerprint density at radius 3 is 2.46 bits per heavy atom. The third-order valence-corrected chi connectivity index (χ3v) is 5.82. The van der Waals surface area contributed by atoms with Crippen molar-refractivity contribution in [2.24, 2.45) is 0 Å². The van der Waals surface area contributed by atoms with Crippen LogP contribution >= 0.6 is 12.2 Å². The van der Waals surface area contributed by atoms with Crippen molar-refractivity contribution >= 4 is 33.3 Å². The molecule has 1 amide bonds. The van der Waals surface area contributed by atoms with Crippen molar-refractivity contribution < 1.29 is 17.9 Å². The third kappa shape index (κ3) is 5.67. The van der Waals surface area contributed by atoms with Gasteiger partial charge in [-0.15, -0.1) is 0 Å². The van der Waals surface area contributed by atoms with Crippen molar-refractivity contribution in [1.29, 1.82) is 0 Å². The molecule has 0 saturated heterocycles. The summed E-state index contributed by atoms with van der Waals surface area (Å²) in [6.45, 7) is 1.89. The average Bonchev–Trinajstić information content (AvgIpc) is 2.68. The van der Waals surface area contributed by atoms with E-state index in [1.165, 1.54) is 26.3 Å². The fraction of sp³-hybridized carbons (Fsp3) is 0.263. The van der Waals surface area contributed by atoms with Crippen molar-refractivity contribution in [2.75, 3.05) is 14.2 Å². The summed E-state index contributed by atoms with van der Waals surface area (Å²) in [5.74, 6) is -0.0585. The maximum Gasteiger partial charge on any atom is 0.267 e. The molecule has 0 radical (unpaired) electrons. The lowest BCUT2D eigenvalue weighted by Crippen LogP contribution is -2.37. The number of hydrogen-bond donors (Lipinski definition) is 3. The fourth-order valence-corrected chi connectivity index (χ4v) is 4.08. The molecule has 2 aromatic rings. The Labute approximate surface area is 170 Å². The summed E-state index contributed by atoms with van der Waals surface area (Å²) >= 11 is 4.87. The lowest BCUT2D eigenvalue weighted by Gasteiger charge is -2.15. The lowest BCUT2D eigenvalue weighted by molar-refractivity contribution is -0.121. The Balaban J connectivity index is 2.18. The van der Waals surface area contributed by atoms with E-state index in [9.17, 15) is 13.2 Å². The molecule has 0 fully saturated rings. The van der Waals surface area contributed by atoms with Gasteiger partial charge >= 0.3 is 0 Å². The molecule has 28 heavy (non-hydrogen) atoms. The Morgan fingerprint density at radius 2 is 1.86 bits per heavy atom. The van der Waals surface area contributed by atoms with E-state index in [0.717, 1.165) is 5.56 Å². The smallest absolute Gasteiger partial charge is 0.267 e. The maximum atomic E-state index is 12.6. The van der Waals surface area contributed by atoms with E-state index < -0.39 is 10.0 Å². The highest BCUT2D eigenvalue weighted by molar-refractivity contribution is 7.92. The minimum Gasteiger partial charge on any atom is -0.495 e. The molecular weight excluding hydrogens is 398 g/mol. The van der Waals surface area contributed by atoms with E-state index in [4.69, 9.17) is 17.0 Å². The van der Waals surface area contributed by atoms with Crippen LogP contribution in [-0.4, -0.2) is 33.6 Å². The molecule has 2 rings (SSSR count). The van der Waals surface area contributed by atoms with Crippen molar-refractivity contribution in [1.82, 2.24) is 15.4 Å². The van der Waals surface area contributed by atoms with Crippen LogP contribution < -0.4 is 20.1 Å². The summed E-state index contributed by atoms with van der Waals surface area (Å²) in [6.07, 6.45) is 0.0279. The second-order valence-corrected chi connectivity index (χ2v) is 8.11. The molecular formula is C19H23N3O4S2. The summed E-state index contributed by atoms with van der Waals surface area (Å²) in [4.78, 5) is 12.3. The number of ether oxygens (including phenoxy) is 1. The van der Waals surface area contributed by atoms with Crippen LogP contribution in [0, 0.1) is 0 Å². The monoisotopic (exact) mass is 421 g/mol. The molecule has 3 N–H and O–H groups in total. The molecule has 2 aromatic carbocycles. The van der Waals surface area contributed by atoms with Crippen molar-refractivity contribution in [3.63, 3.8) is 0 Å². The molecule has 150 valence electrons. The fourth-order valence-electron chi connectivity index (χ4n) is 2.57. The number of hydrogen-bond acceptors (Lipinski definition) is 5. The average molecular weight is 422 g/mol. The second kappa shape index (κ2) is 9.52. The molecule has 0 aromatic heterocycles. The standard InChI is InChI=1S/C19H23N3O4S2/c1-13(15-7-5-4-6-8-15)21-18(23)12-14-9-10-16(26-3)17(11-14)28(24,25)22-19(27)20-2/h4-11,13H,12H2,1-3H3,(H,21,23)(H2,20,22,27). The number of carbonyl (C=O) groups excluding carboxylic acids is 1. The van der Waals surface area contributed by atoms with Crippen molar-refractivity contribution in [2.45, 2.75) is 24.3 Å². The first-order valence-corrected chi connectivity index (χ1v) is 10.4. The normalized spacial score (nSPS) is 12.0. The first-order chi connectivity index (χ1) is 13.3. The zero-order chi connectivity index (χ0) is 20.7. The van der Waals surface area contributed by atoms with Gasteiger partial charge in [-0.3, -0.25) is 9.52 Å². The molecule has 0 bridgehead atoms. The van der Waals surface area contributed by atoms with Crippen LogP contribution in [0.1, 0.15) is 24.1 Å². The van der Waals surface area contributed by atoms with Crippen LogP contribution in [0.2, 0.25) is 0 Å². The van der Waals surface area contributed by atoms with E-state index in [0.29, 0.717) is 5.56 Å². The summed E-state index contributed by atoms with van der Waals surface area (Å²) in [5, 5.41) is 5.42. The maximum absolute atomic E-state index is 12.6. The van der Waals surface area contributed by atoms with E-state index >= 15 is 0 Å². The predicted octanol–water partition coefficient (Wildman–Crippen LogP) is 1.90. The van der Waals surface area contributed by atoms with Gasteiger partial charge in [-0.25, -0.2) is 8.42 Å². The van der Waals surface area contributed by atoms with E-state index in [2.05, 4.69) is 15.4 Å². The van der Waals surface area contributed by atoms with Gasteiger partial charge in [-0.2, -0.15) is 0 Å². The van der Waals surface area contributed by atoms with Crippen molar-refractivity contribution in [3.8, 4) is 5.75 Å². The number of thiocarbonyl (C=S) groups is 1. The highest BCUT2D eigenvalue weighted by atomic mass is 32.2. The quantitative estimate of drug-likeness (QED) is 0.591. The zero-order valence-electron chi connectivity index (χ0n) is 15.9.